The van der Waals surface area contributed by atoms with Gasteiger partial charge in [-0.3, -0.25) is 4.79 Å². The van der Waals surface area contributed by atoms with Crippen molar-refractivity contribution in [3.63, 3.8) is 0 Å². The molecular weight excluding hydrogens is 262 g/mol. The van der Waals surface area contributed by atoms with E-state index in [2.05, 4.69) is 11.9 Å². The van der Waals surface area contributed by atoms with Crippen molar-refractivity contribution in [1.29, 1.82) is 0 Å². The molecule has 0 saturated heterocycles. The van der Waals surface area contributed by atoms with E-state index >= 15 is 0 Å². The van der Waals surface area contributed by atoms with Gasteiger partial charge in [0, 0.05) is 17.1 Å². The first kappa shape index (κ1) is 13.4. The molecule has 0 unspecified atom stereocenters. The summed E-state index contributed by atoms with van der Waals surface area (Å²) in [6, 6.07) is 9.01. The molecule has 2 aromatic rings. The highest BCUT2D eigenvalue weighted by atomic mass is 35.5. The Bertz CT molecular complexity index is 599. The molecule has 3 nitrogen and oxygen atoms in total. The summed E-state index contributed by atoms with van der Waals surface area (Å²) in [5.74, 6) is 1.07. The molecule has 1 amide bonds. The number of hydrogen-bond donors (Lipinski definition) is 1. The van der Waals surface area contributed by atoms with Crippen LogP contribution in [0.5, 0.6) is 0 Å². The number of amides is 1. The molecule has 0 atom stereocenters. The number of furan rings is 1. The fourth-order valence-corrected chi connectivity index (χ4v) is 1.85. The molecule has 1 heterocycles. The number of carbonyl (C=O) groups is 1. The highest BCUT2D eigenvalue weighted by Crippen LogP contribution is 2.26. The fourth-order valence-electron chi connectivity index (χ4n) is 1.72. The van der Waals surface area contributed by atoms with Crippen molar-refractivity contribution in [1.82, 2.24) is 5.32 Å². The van der Waals surface area contributed by atoms with E-state index in [-0.39, 0.29) is 5.91 Å². The summed E-state index contributed by atoms with van der Waals surface area (Å²) >= 11 is 5.84. The molecule has 0 fully saturated rings. The van der Waals surface area contributed by atoms with E-state index in [0.29, 0.717) is 28.7 Å². The molecule has 0 aliphatic rings. The van der Waals surface area contributed by atoms with E-state index in [1.54, 1.807) is 31.2 Å². The summed E-state index contributed by atoms with van der Waals surface area (Å²) < 4.78 is 5.61. The number of benzene rings is 1. The van der Waals surface area contributed by atoms with Crippen molar-refractivity contribution in [2.45, 2.75) is 6.92 Å². The smallest absolute Gasteiger partial charge is 0.255 e. The Morgan fingerprint density at radius 1 is 1.42 bits per heavy atom. The van der Waals surface area contributed by atoms with Crippen LogP contribution in [-0.2, 0) is 0 Å². The number of halogens is 1. The van der Waals surface area contributed by atoms with Crippen LogP contribution >= 0.6 is 11.6 Å². The molecule has 1 aromatic heterocycles. The minimum absolute atomic E-state index is 0.165. The van der Waals surface area contributed by atoms with Gasteiger partial charge in [-0.15, -0.1) is 6.58 Å². The molecular formula is C15H14ClNO2. The summed E-state index contributed by atoms with van der Waals surface area (Å²) in [4.78, 5) is 11.9. The third-order valence-corrected chi connectivity index (χ3v) is 2.95. The van der Waals surface area contributed by atoms with Crippen LogP contribution in [0.15, 0.2) is 47.4 Å². The Labute approximate surface area is 116 Å². The first-order valence-electron chi connectivity index (χ1n) is 5.87. The number of hydrogen-bond acceptors (Lipinski definition) is 2. The number of aryl methyl sites for hydroxylation is 1. The average molecular weight is 276 g/mol. The van der Waals surface area contributed by atoms with Crippen LogP contribution in [0.1, 0.15) is 16.1 Å². The summed E-state index contributed by atoms with van der Waals surface area (Å²) in [6.45, 7) is 5.76. The quantitative estimate of drug-likeness (QED) is 0.862. The van der Waals surface area contributed by atoms with Gasteiger partial charge in [0.1, 0.15) is 11.5 Å². The second kappa shape index (κ2) is 5.76. The Morgan fingerprint density at radius 3 is 2.74 bits per heavy atom. The van der Waals surface area contributed by atoms with Crippen molar-refractivity contribution in [3.05, 3.63) is 59.3 Å². The minimum Gasteiger partial charge on any atom is -0.461 e. The van der Waals surface area contributed by atoms with Gasteiger partial charge in [0.2, 0.25) is 0 Å². The van der Waals surface area contributed by atoms with Crippen LogP contribution in [0, 0.1) is 6.92 Å². The van der Waals surface area contributed by atoms with Crippen LogP contribution in [0.2, 0.25) is 5.02 Å². The van der Waals surface area contributed by atoms with Gasteiger partial charge in [-0.2, -0.15) is 0 Å². The summed E-state index contributed by atoms with van der Waals surface area (Å²) in [6.07, 6.45) is 1.63. The van der Waals surface area contributed by atoms with Gasteiger partial charge >= 0.3 is 0 Å². The maximum atomic E-state index is 11.9. The Balaban J connectivity index is 2.27. The van der Waals surface area contributed by atoms with Gasteiger partial charge in [0.25, 0.3) is 5.91 Å². The summed E-state index contributed by atoms with van der Waals surface area (Å²) in [7, 11) is 0. The molecule has 0 aliphatic heterocycles. The average Bonchev–Trinajstić information content (AvgIpc) is 2.79. The van der Waals surface area contributed by atoms with Crippen LogP contribution < -0.4 is 5.32 Å². The lowest BCUT2D eigenvalue weighted by Crippen LogP contribution is -2.23. The van der Waals surface area contributed by atoms with Gasteiger partial charge in [-0.05, 0) is 37.3 Å². The highest BCUT2D eigenvalue weighted by Gasteiger charge is 2.15. The molecule has 0 spiro atoms. The summed E-state index contributed by atoms with van der Waals surface area (Å²) in [5, 5.41) is 3.39. The van der Waals surface area contributed by atoms with Gasteiger partial charge in [-0.1, -0.05) is 17.7 Å². The van der Waals surface area contributed by atoms with Crippen LogP contribution in [0.3, 0.4) is 0 Å². The lowest BCUT2D eigenvalue weighted by Gasteiger charge is -1.98. The number of nitrogens with one attached hydrogen (secondary N) is 1. The lowest BCUT2D eigenvalue weighted by molar-refractivity contribution is 0.0956. The normalized spacial score (nSPS) is 10.2. The van der Waals surface area contributed by atoms with Gasteiger partial charge < -0.3 is 9.73 Å². The van der Waals surface area contributed by atoms with E-state index in [4.69, 9.17) is 16.0 Å². The second-order valence-electron chi connectivity index (χ2n) is 4.09. The summed E-state index contributed by atoms with van der Waals surface area (Å²) in [5.41, 5.74) is 1.42. The molecule has 4 heteroatoms. The molecule has 0 saturated carbocycles. The first-order valence-corrected chi connectivity index (χ1v) is 6.25. The van der Waals surface area contributed by atoms with Gasteiger partial charge in [-0.25, -0.2) is 0 Å². The van der Waals surface area contributed by atoms with Crippen molar-refractivity contribution in [2.24, 2.45) is 0 Å². The maximum Gasteiger partial charge on any atom is 0.255 e. The Kier molecular flexibility index (Phi) is 4.07. The largest absolute Gasteiger partial charge is 0.461 e. The SMILES string of the molecule is C=CCNC(=O)c1cc(-c2ccc(Cl)cc2)oc1C. The van der Waals surface area contributed by atoms with Crippen LogP contribution in [0.4, 0.5) is 0 Å². The van der Waals surface area contributed by atoms with Crippen molar-refractivity contribution < 1.29 is 9.21 Å². The minimum atomic E-state index is -0.165. The third-order valence-electron chi connectivity index (χ3n) is 2.70. The van der Waals surface area contributed by atoms with Crippen LogP contribution in [0.25, 0.3) is 11.3 Å². The number of carbonyl (C=O) groups excluding carboxylic acids is 1. The van der Waals surface area contributed by atoms with E-state index in [9.17, 15) is 4.79 Å². The molecule has 2 rings (SSSR count). The van der Waals surface area contributed by atoms with Gasteiger partial charge in [0.05, 0.1) is 5.56 Å². The predicted molar refractivity (Wildman–Crippen MR) is 76.4 cm³/mol. The van der Waals surface area contributed by atoms with Gasteiger partial charge in [0.15, 0.2) is 0 Å². The fraction of sp³-hybridized carbons (Fsp3) is 0.133. The highest BCUT2D eigenvalue weighted by molar-refractivity contribution is 6.30. The Morgan fingerprint density at radius 2 is 2.11 bits per heavy atom. The molecule has 19 heavy (non-hydrogen) atoms. The molecule has 0 bridgehead atoms. The van der Waals surface area contributed by atoms with E-state index < -0.39 is 0 Å². The van der Waals surface area contributed by atoms with Crippen molar-refractivity contribution >= 4 is 17.5 Å². The molecule has 0 radical (unpaired) electrons. The zero-order valence-electron chi connectivity index (χ0n) is 10.6. The monoisotopic (exact) mass is 275 g/mol. The molecule has 1 aromatic carbocycles. The zero-order chi connectivity index (χ0) is 13.8. The third kappa shape index (κ3) is 3.06. The molecule has 98 valence electrons. The maximum absolute atomic E-state index is 11.9. The van der Waals surface area contributed by atoms with E-state index in [1.165, 1.54) is 0 Å². The van der Waals surface area contributed by atoms with Crippen molar-refractivity contribution in [2.75, 3.05) is 6.54 Å². The molecule has 1 N–H and O–H groups in total. The lowest BCUT2D eigenvalue weighted by atomic mass is 10.1. The molecule has 0 aliphatic carbocycles. The first-order chi connectivity index (χ1) is 9.11. The van der Waals surface area contributed by atoms with E-state index in [0.717, 1.165) is 5.56 Å². The Hall–Kier alpha value is -2.00. The zero-order valence-corrected chi connectivity index (χ0v) is 11.3. The predicted octanol–water partition coefficient (Wildman–Crippen LogP) is 3.82. The standard InChI is InChI=1S/C15H14ClNO2/c1-3-8-17-15(18)13-9-14(19-10(13)2)11-4-6-12(16)7-5-11/h3-7,9H,1,8H2,2H3,(H,17,18). The van der Waals surface area contributed by atoms with Crippen molar-refractivity contribution in [3.8, 4) is 11.3 Å². The van der Waals surface area contributed by atoms with Crippen LogP contribution in [-0.4, -0.2) is 12.5 Å². The number of rotatable bonds is 4. The topological polar surface area (TPSA) is 42.2 Å². The van der Waals surface area contributed by atoms with E-state index in [1.807, 2.05) is 12.1 Å². The second-order valence-corrected chi connectivity index (χ2v) is 4.52.